The van der Waals surface area contributed by atoms with E-state index in [1.165, 1.54) is 22.3 Å². The van der Waals surface area contributed by atoms with E-state index < -0.39 is 5.97 Å². The second kappa shape index (κ2) is 6.85. The van der Waals surface area contributed by atoms with Gasteiger partial charge in [-0.1, -0.05) is 6.92 Å². The first kappa shape index (κ1) is 16.4. The number of rotatable bonds is 5. The van der Waals surface area contributed by atoms with Crippen LogP contribution in [0.15, 0.2) is 23.3 Å². The number of hydrogen-bond acceptors (Lipinski definition) is 6. The maximum absolute atomic E-state index is 12.1. The van der Waals surface area contributed by atoms with Gasteiger partial charge in [0, 0.05) is 4.88 Å². The van der Waals surface area contributed by atoms with Crippen molar-refractivity contribution in [2.75, 3.05) is 0 Å². The Kier molecular flexibility index (Phi) is 5.10. The van der Waals surface area contributed by atoms with Gasteiger partial charge in [-0.15, -0.1) is 22.7 Å². The summed E-state index contributed by atoms with van der Waals surface area (Å²) in [5.74, 6) is -1.47. The van der Waals surface area contributed by atoms with Crippen molar-refractivity contribution in [1.29, 1.82) is 0 Å². The highest BCUT2D eigenvalue weighted by molar-refractivity contribution is 7.16. The monoisotopic (exact) mass is 335 g/mol. The molecule has 22 heavy (non-hydrogen) atoms. The van der Waals surface area contributed by atoms with Gasteiger partial charge in [0.25, 0.3) is 5.91 Å². The lowest BCUT2D eigenvalue weighted by Crippen LogP contribution is -2.20. The van der Waals surface area contributed by atoms with Crippen molar-refractivity contribution in [2.24, 2.45) is 5.10 Å². The van der Waals surface area contributed by atoms with Crippen LogP contribution >= 0.6 is 22.7 Å². The molecule has 0 aliphatic heterocycles. The van der Waals surface area contributed by atoms with Crippen LogP contribution in [0.3, 0.4) is 0 Å². The van der Waals surface area contributed by atoms with Crippen LogP contribution < -0.4 is 10.5 Å². The lowest BCUT2D eigenvalue weighted by molar-refractivity contribution is -0.254. The third-order valence-corrected chi connectivity index (χ3v) is 5.61. The maximum Gasteiger partial charge on any atom is 0.281 e. The Morgan fingerprint density at radius 2 is 1.91 bits per heavy atom. The fraction of sp³-hybridized carbons (Fsp3) is 0.267. The van der Waals surface area contributed by atoms with E-state index in [-0.39, 0.29) is 10.8 Å². The summed E-state index contributed by atoms with van der Waals surface area (Å²) in [5, 5.41) is 14.8. The summed E-state index contributed by atoms with van der Waals surface area (Å²) >= 11 is 2.52. The number of hydrogen-bond donors (Lipinski definition) is 1. The number of carboxylic acid groups (broad SMARTS) is 1. The zero-order valence-electron chi connectivity index (χ0n) is 12.4. The van der Waals surface area contributed by atoms with Crippen molar-refractivity contribution in [1.82, 2.24) is 5.43 Å². The molecule has 0 radical (unpaired) electrons. The van der Waals surface area contributed by atoms with Gasteiger partial charge >= 0.3 is 0 Å². The highest BCUT2D eigenvalue weighted by Crippen LogP contribution is 2.22. The minimum absolute atomic E-state index is 0.136. The predicted octanol–water partition coefficient (Wildman–Crippen LogP) is 2.20. The molecular formula is C15H15N2O3S2-. The SMILES string of the molecule is CCc1sc(C(=O)N/N=C(/C)c2ccc(C(=O)[O-])s2)cc1C. The van der Waals surface area contributed by atoms with E-state index in [1.54, 1.807) is 13.0 Å². The van der Waals surface area contributed by atoms with Crippen molar-refractivity contribution in [3.05, 3.63) is 43.3 Å². The van der Waals surface area contributed by atoms with Crippen LogP contribution in [0.1, 0.15) is 48.5 Å². The maximum atomic E-state index is 12.1. The Bertz CT molecular complexity index is 744. The number of hydrazone groups is 1. The van der Waals surface area contributed by atoms with E-state index in [2.05, 4.69) is 17.5 Å². The van der Waals surface area contributed by atoms with Crippen molar-refractivity contribution >= 4 is 40.3 Å². The number of thiophene rings is 2. The molecular weight excluding hydrogens is 320 g/mol. The standard InChI is InChI=1S/C15H16N2O3S2/c1-4-10-8(2)7-13(21-10)14(18)17-16-9(3)11-5-6-12(22-11)15(19)20/h5-7H,4H2,1-3H3,(H,17,18)(H,19,20)/p-1/b16-9-. The van der Waals surface area contributed by atoms with E-state index in [9.17, 15) is 14.7 Å². The van der Waals surface area contributed by atoms with Gasteiger partial charge in [0.1, 0.15) is 0 Å². The fourth-order valence-corrected chi connectivity index (χ4v) is 3.66. The second-order valence-electron chi connectivity index (χ2n) is 4.66. The predicted molar refractivity (Wildman–Crippen MR) is 86.8 cm³/mol. The van der Waals surface area contributed by atoms with E-state index in [1.807, 2.05) is 13.0 Å². The molecule has 0 saturated heterocycles. The molecule has 0 aromatic carbocycles. The van der Waals surface area contributed by atoms with Gasteiger partial charge in [0.05, 0.1) is 26.3 Å². The molecule has 5 nitrogen and oxygen atoms in total. The number of nitrogens with zero attached hydrogens (tertiary/aromatic N) is 1. The summed E-state index contributed by atoms with van der Waals surface area (Å²) in [6.45, 7) is 5.74. The first-order valence-electron chi connectivity index (χ1n) is 6.67. The van der Waals surface area contributed by atoms with Gasteiger partial charge in [-0.05, 0) is 44.0 Å². The molecule has 116 valence electrons. The molecule has 0 saturated carbocycles. The topological polar surface area (TPSA) is 81.6 Å². The summed E-state index contributed by atoms with van der Waals surface area (Å²) in [5.41, 5.74) is 4.16. The van der Waals surface area contributed by atoms with Crippen molar-refractivity contribution in [3.8, 4) is 0 Å². The van der Waals surface area contributed by atoms with Crippen molar-refractivity contribution in [3.63, 3.8) is 0 Å². The molecule has 0 aliphatic rings. The summed E-state index contributed by atoms with van der Waals surface area (Å²) in [7, 11) is 0. The van der Waals surface area contributed by atoms with Crippen LogP contribution in [0.4, 0.5) is 0 Å². The zero-order chi connectivity index (χ0) is 16.3. The molecule has 0 unspecified atom stereocenters. The Labute approximate surface area is 136 Å². The van der Waals surface area contributed by atoms with Crippen LogP contribution in [-0.4, -0.2) is 17.6 Å². The van der Waals surface area contributed by atoms with Crippen LogP contribution in [-0.2, 0) is 6.42 Å². The molecule has 2 heterocycles. The summed E-state index contributed by atoms with van der Waals surface area (Å²) < 4.78 is 0. The number of nitrogens with one attached hydrogen (secondary N) is 1. The molecule has 0 atom stereocenters. The Balaban J connectivity index is 2.08. The number of carbonyl (C=O) groups excluding carboxylic acids is 2. The minimum Gasteiger partial charge on any atom is -0.544 e. The first-order valence-corrected chi connectivity index (χ1v) is 8.31. The molecule has 2 rings (SSSR count). The average molecular weight is 335 g/mol. The van der Waals surface area contributed by atoms with Gasteiger partial charge in [-0.25, -0.2) is 5.43 Å². The van der Waals surface area contributed by atoms with Crippen LogP contribution in [0.2, 0.25) is 0 Å². The first-order chi connectivity index (χ1) is 10.4. The molecule has 0 fully saturated rings. The molecule has 1 amide bonds. The summed E-state index contributed by atoms with van der Waals surface area (Å²) in [6.07, 6.45) is 0.896. The molecule has 0 spiro atoms. The van der Waals surface area contributed by atoms with Crippen LogP contribution in [0.5, 0.6) is 0 Å². The molecule has 0 bridgehead atoms. The molecule has 2 aromatic rings. The van der Waals surface area contributed by atoms with Gasteiger partial charge < -0.3 is 9.90 Å². The lowest BCUT2D eigenvalue weighted by atomic mass is 10.2. The number of carbonyl (C=O) groups is 2. The second-order valence-corrected chi connectivity index (χ2v) is 6.88. The van der Waals surface area contributed by atoms with Gasteiger partial charge in [-0.3, -0.25) is 4.79 Å². The minimum atomic E-state index is -1.21. The summed E-state index contributed by atoms with van der Waals surface area (Å²) in [4.78, 5) is 25.4. The average Bonchev–Trinajstić information content (AvgIpc) is 3.10. The largest absolute Gasteiger partial charge is 0.544 e. The number of amides is 1. The molecule has 1 N–H and O–H groups in total. The van der Waals surface area contributed by atoms with Gasteiger partial charge in [-0.2, -0.15) is 5.10 Å². The highest BCUT2D eigenvalue weighted by atomic mass is 32.1. The molecule has 7 heteroatoms. The Morgan fingerprint density at radius 3 is 2.45 bits per heavy atom. The summed E-state index contributed by atoms with van der Waals surface area (Å²) in [6, 6.07) is 4.96. The van der Waals surface area contributed by atoms with Crippen LogP contribution in [0, 0.1) is 6.92 Å². The van der Waals surface area contributed by atoms with E-state index in [4.69, 9.17) is 0 Å². The fourth-order valence-electron chi connectivity index (χ4n) is 1.87. The molecule has 2 aromatic heterocycles. The number of aryl methyl sites for hydroxylation is 2. The van der Waals surface area contributed by atoms with Crippen molar-refractivity contribution < 1.29 is 14.7 Å². The van der Waals surface area contributed by atoms with Crippen molar-refractivity contribution in [2.45, 2.75) is 27.2 Å². The third-order valence-electron chi connectivity index (χ3n) is 3.05. The van der Waals surface area contributed by atoms with E-state index in [0.717, 1.165) is 23.3 Å². The molecule has 0 aliphatic carbocycles. The Morgan fingerprint density at radius 1 is 1.23 bits per heavy atom. The lowest BCUT2D eigenvalue weighted by Gasteiger charge is -1.99. The van der Waals surface area contributed by atoms with Gasteiger partial charge in [0.2, 0.25) is 0 Å². The number of carboxylic acids is 1. The number of aromatic carboxylic acids is 1. The smallest absolute Gasteiger partial charge is 0.281 e. The van der Waals surface area contributed by atoms with Gasteiger partial charge in [0.15, 0.2) is 0 Å². The van der Waals surface area contributed by atoms with E-state index in [0.29, 0.717) is 15.5 Å². The Hall–Kier alpha value is -1.99. The normalized spacial score (nSPS) is 11.5. The van der Waals surface area contributed by atoms with E-state index >= 15 is 0 Å². The van der Waals surface area contributed by atoms with Crippen LogP contribution in [0.25, 0.3) is 0 Å². The highest BCUT2D eigenvalue weighted by Gasteiger charge is 2.11. The zero-order valence-corrected chi connectivity index (χ0v) is 14.1. The quantitative estimate of drug-likeness (QED) is 0.672. The third kappa shape index (κ3) is 3.61.